The largest absolute Gasteiger partial charge is 0.347 e. The molecule has 27 heavy (non-hydrogen) atoms. The third kappa shape index (κ3) is 5.89. The number of sulfonamides is 1. The molecule has 0 aliphatic carbocycles. The Hall–Kier alpha value is -2.22. The van der Waals surface area contributed by atoms with Crippen molar-refractivity contribution in [1.82, 2.24) is 9.62 Å². The first-order valence-electron chi connectivity index (χ1n) is 9.19. The van der Waals surface area contributed by atoms with Crippen LogP contribution in [-0.4, -0.2) is 51.4 Å². The summed E-state index contributed by atoms with van der Waals surface area (Å²) in [4.78, 5) is 13.3. The Morgan fingerprint density at radius 1 is 0.926 bits per heavy atom. The molecule has 1 saturated heterocycles. The lowest BCUT2D eigenvalue weighted by Crippen LogP contribution is -3.15. The lowest BCUT2D eigenvalue weighted by atomic mass is 10.2. The molecule has 2 aromatic carbocycles. The van der Waals surface area contributed by atoms with Crippen molar-refractivity contribution >= 4 is 15.9 Å². The molecule has 0 spiro atoms. The number of quaternary nitrogens is 1. The van der Waals surface area contributed by atoms with Crippen molar-refractivity contribution in [3.8, 4) is 0 Å². The van der Waals surface area contributed by atoms with Crippen molar-refractivity contribution in [3.63, 3.8) is 0 Å². The first-order valence-corrected chi connectivity index (χ1v) is 10.8. The maximum Gasteiger partial charge on any atom is 0.275 e. The van der Waals surface area contributed by atoms with Crippen molar-refractivity contribution in [2.24, 2.45) is 0 Å². The highest BCUT2D eigenvalue weighted by Crippen LogP contribution is 2.10. The first-order chi connectivity index (χ1) is 13.0. The van der Waals surface area contributed by atoms with Crippen molar-refractivity contribution in [3.05, 3.63) is 71.8 Å². The molecule has 1 aliphatic heterocycles. The summed E-state index contributed by atoms with van der Waals surface area (Å²) in [5, 5.41) is 2.93. The molecule has 1 amide bonds. The molecule has 1 fully saturated rings. The van der Waals surface area contributed by atoms with E-state index in [0.717, 1.165) is 16.0 Å². The van der Waals surface area contributed by atoms with Crippen LogP contribution < -0.4 is 10.2 Å². The van der Waals surface area contributed by atoms with Crippen LogP contribution in [0.25, 0.3) is 0 Å². The smallest absolute Gasteiger partial charge is 0.275 e. The molecule has 0 aromatic heterocycles. The van der Waals surface area contributed by atoms with Crippen molar-refractivity contribution < 1.29 is 18.1 Å². The normalized spacial score (nSPS) is 16.1. The van der Waals surface area contributed by atoms with Crippen LogP contribution in [-0.2, 0) is 27.1 Å². The van der Waals surface area contributed by atoms with Crippen molar-refractivity contribution in [1.29, 1.82) is 0 Å². The number of hydrogen-bond donors (Lipinski definition) is 2. The number of piperazine rings is 1. The van der Waals surface area contributed by atoms with Crippen LogP contribution in [0.5, 0.6) is 0 Å². The Bertz CT molecular complexity index is 833. The molecule has 2 N–H and O–H groups in total. The van der Waals surface area contributed by atoms with Gasteiger partial charge in [-0.3, -0.25) is 4.79 Å². The minimum Gasteiger partial charge on any atom is -0.347 e. The summed E-state index contributed by atoms with van der Waals surface area (Å²) >= 11 is 0. The fourth-order valence-electron chi connectivity index (χ4n) is 3.22. The number of carbonyl (C=O) groups is 1. The highest BCUT2D eigenvalue weighted by Gasteiger charge is 2.29. The molecule has 7 heteroatoms. The molecular formula is C20H26N3O3S+. The van der Waals surface area contributed by atoms with E-state index in [-0.39, 0.29) is 11.7 Å². The predicted molar refractivity (Wildman–Crippen MR) is 104 cm³/mol. The van der Waals surface area contributed by atoms with E-state index in [1.807, 2.05) is 60.7 Å². The van der Waals surface area contributed by atoms with Crippen LogP contribution >= 0.6 is 0 Å². The summed E-state index contributed by atoms with van der Waals surface area (Å²) < 4.78 is 26.7. The first kappa shape index (κ1) is 19.5. The average Bonchev–Trinajstić information content (AvgIpc) is 2.68. The minimum atomic E-state index is -3.32. The zero-order chi connectivity index (χ0) is 19.1. The summed E-state index contributed by atoms with van der Waals surface area (Å²) in [5.41, 5.74) is 1.87. The van der Waals surface area contributed by atoms with Gasteiger partial charge in [0.1, 0.15) is 0 Å². The maximum absolute atomic E-state index is 12.6. The van der Waals surface area contributed by atoms with Gasteiger partial charge in [0.2, 0.25) is 10.0 Å². The van der Waals surface area contributed by atoms with E-state index in [1.165, 1.54) is 0 Å². The van der Waals surface area contributed by atoms with E-state index in [4.69, 9.17) is 0 Å². The Kier molecular flexibility index (Phi) is 6.60. The third-order valence-electron chi connectivity index (χ3n) is 4.76. The van der Waals surface area contributed by atoms with E-state index in [2.05, 4.69) is 5.32 Å². The highest BCUT2D eigenvalue weighted by molar-refractivity contribution is 7.88. The maximum atomic E-state index is 12.6. The van der Waals surface area contributed by atoms with Crippen LogP contribution in [0.1, 0.15) is 11.1 Å². The van der Waals surface area contributed by atoms with Crippen LogP contribution in [0.4, 0.5) is 0 Å². The Morgan fingerprint density at radius 2 is 1.48 bits per heavy atom. The number of benzene rings is 2. The molecule has 0 bridgehead atoms. The molecule has 1 heterocycles. The standard InChI is InChI=1S/C20H25N3O3S/c24-20(21-15-18-7-3-1-4-8-18)16-22-11-13-23(14-12-22)27(25,26)17-19-9-5-2-6-10-19/h1-10H,11-17H2,(H,21,24)/p+1. The second kappa shape index (κ2) is 9.12. The number of rotatable bonds is 7. The molecule has 0 radical (unpaired) electrons. The number of nitrogens with one attached hydrogen (secondary N) is 2. The molecule has 0 saturated carbocycles. The summed E-state index contributed by atoms with van der Waals surface area (Å²) in [6.45, 7) is 3.09. The van der Waals surface area contributed by atoms with Gasteiger partial charge in [-0.1, -0.05) is 60.7 Å². The topological polar surface area (TPSA) is 70.9 Å². The van der Waals surface area contributed by atoms with Gasteiger partial charge >= 0.3 is 0 Å². The fourth-order valence-corrected chi connectivity index (χ4v) is 4.75. The average molecular weight is 389 g/mol. The van der Waals surface area contributed by atoms with E-state index in [0.29, 0.717) is 39.3 Å². The summed E-state index contributed by atoms with van der Waals surface area (Å²) in [6, 6.07) is 19.0. The second-order valence-corrected chi connectivity index (χ2v) is 8.80. The lowest BCUT2D eigenvalue weighted by Gasteiger charge is -2.31. The van der Waals surface area contributed by atoms with Gasteiger partial charge in [-0.25, -0.2) is 8.42 Å². The number of amides is 1. The summed E-state index contributed by atoms with van der Waals surface area (Å²) in [7, 11) is -3.32. The monoisotopic (exact) mass is 388 g/mol. The quantitative estimate of drug-likeness (QED) is 0.703. The van der Waals surface area contributed by atoms with E-state index < -0.39 is 10.0 Å². The molecule has 2 aromatic rings. The van der Waals surface area contributed by atoms with Gasteiger partial charge in [-0.05, 0) is 11.1 Å². The van der Waals surface area contributed by atoms with E-state index in [1.54, 1.807) is 4.31 Å². The predicted octanol–water partition coefficient (Wildman–Crippen LogP) is 0.0333. The van der Waals surface area contributed by atoms with Crippen molar-refractivity contribution in [2.45, 2.75) is 12.3 Å². The van der Waals surface area contributed by atoms with Gasteiger partial charge < -0.3 is 10.2 Å². The molecule has 0 unspecified atom stereocenters. The van der Waals surface area contributed by atoms with Crippen LogP contribution in [0.3, 0.4) is 0 Å². The fraction of sp³-hybridized carbons (Fsp3) is 0.350. The Morgan fingerprint density at radius 3 is 2.07 bits per heavy atom. The van der Waals surface area contributed by atoms with Gasteiger partial charge in [-0.15, -0.1) is 0 Å². The van der Waals surface area contributed by atoms with Crippen LogP contribution in [0.2, 0.25) is 0 Å². The number of hydrogen-bond acceptors (Lipinski definition) is 3. The molecular weight excluding hydrogens is 362 g/mol. The molecule has 1 aliphatic rings. The molecule has 0 atom stereocenters. The summed E-state index contributed by atoms with van der Waals surface area (Å²) in [5.74, 6) is 0.0234. The SMILES string of the molecule is O=C(C[NH+]1CCN(S(=O)(=O)Cc2ccccc2)CC1)NCc1ccccc1. The zero-order valence-corrected chi connectivity index (χ0v) is 16.1. The van der Waals surface area contributed by atoms with Gasteiger partial charge in [0.05, 0.1) is 31.9 Å². The van der Waals surface area contributed by atoms with Gasteiger partial charge in [0, 0.05) is 6.54 Å². The molecule has 6 nitrogen and oxygen atoms in total. The van der Waals surface area contributed by atoms with E-state index in [9.17, 15) is 13.2 Å². The van der Waals surface area contributed by atoms with E-state index >= 15 is 0 Å². The highest BCUT2D eigenvalue weighted by atomic mass is 32.2. The second-order valence-electron chi connectivity index (χ2n) is 6.83. The number of carbonyl (C=O) groups excluding carboxylic acids is 1. The molecule has 144 valence electrons. The third-order valence-corrected chi connectivity index (χ3v) is 6.61. The molecule has 3 rings (SSSR count). The lowest BCUT2D eigenvalue weighted by molar-refractivity contribution is -0.895. The zero-order valence-electron chi connectivity index (χ0n) is 15.3. The van der Waals surface area contributed by atoms with Crippen LogP contribution in [0.15, 0.2) is 60.7 Å². The van der Waals surface area contributed by atoms with Gasteiger partial charge in [-0.2, -0.15) is 4.31 Å². The van der Waals surface area contributed by atoms with Gasteiger partial charge in [0.15, 0.2) is 6.54 Å². The minimum absolute atomic E-state index is 0.00514. The Labute approximate surface area is 160 Å². The number of nitrogens with zero attached hydrogens (tertiary/aromatic N) is 1. The summed E-state index contributed by atoms with van der Waals surface area (Å²) in [6.07, 6.45) is 0. The van der Waals surface area contributed by atoms with Gasteiger partial charge in [0.25, 0.3) is 5.91 Å². The van der Waals surface area contributed by atoms with Crippen molar-refractivity contribution in [2.75, 3.05) is 32.7 Å². The van der Waals surface area contributed by atoms with Crippen LogP contribution in [0, 0.1) is 0 Å². The Balaban J connectivity index is 1.43.